The molecule has 2 aliphatic rings. The predicted molar refractivity (Wildman–Crippen MR) is 125 cm³/mol. The van der Waals surface area contributed by atoms with Crippen molar-refractivity contribution >= 4 is 20.6 Å². The average Bonchev–Trinajstić information content (AvgIpc) is 2.75. The molecule has 2 heterocycles. The van der Waals surface area contributed by atoms with Gasteiger partial charge in [-0.3, -0.25) is 9.80 Å². The number of rotatable bonds is 6. The van der Waals surface area contributed by atoms with Crippen molar-refractivity contribution in [3.8, 4) is 0 Å². The van der Waals surface area contributed by atoms with Crippen molar-refractivity contribution in [3.05, 3.63) is 42.5 Å². The van der Waals surface area contributed by atoms with Gasteiger partial charge in [-0.15, -0.1) is 0 Å². The van der Waals surface area contributed by atoms with Crippen LogP contribution in [0.4, 0.5) is 0 Å². The Hall–Kier alpha value is -1.43. The maximum absolute atomic E-state index is 13.5. The molecule has 0 radical (unpaired) electrons. The minimum Gasteiger partial charge on any atom is -0.299 e. The highest BCUT2D eigenvalue weighted by molar-refractivity contribution is 7.91. The molecule has 0 aromatic heterocycles. The molecule has 164 valence electrons. The van der Waals surface area contributed by atoms with Crippen LogP contribution in [0.25, 0.3) is 10.8 Å². The number of hydrogen-bond donors (Lipinski definition) is 0. The lowest BCUT2D eigenvalue weighted by atomic mass is 9.99. The highest BCUT2D eigenvalue weighted by Gasteiger charge is 2.33. The first-order valence-corrected chi connectivity index (χ1v) is 13.3. The van der Waals surface area contributed by atoms with E-state index in [4.69, 9.17) is 0 Å². The van der Waals surface area contributed by atoms with Crippen molar-refractivity contribution in [1.29, 1.82) is 0 Å². The average molecular weight is 429 g/mol. The van der Waals surface area contributed by atoms with Crippen LogP contribution in [0.1, 0.15) is 52.4 Å². The van der Waals surface area contributed by atoms with Crippen LogP contribution in [-0.2, 0) is 9.84 Å². The molecule has 4 nitrogen and oxygen atoms in total. The molecular formula is C25H36N2O2S. The van der Waals surface area contributed by atoms with Crippen molar-refractivity contribution in [2.45, 2.75) is 75.4 Å². The molecule has 0 spiro atoms. The van der Waals surface area contributed by atoms with E-state index in [1.165, 1.54) is 38.5 Å². The minimum absolute atomic E-state index is 0.0531. The quantitative estimate of drug-likeness (QED) is 0.667. The first kappa shape index (κ1) is 21.8. The van der Waals surface area contributed by atoms with Gasteiger partial charge in [0.25, 0.3) is 0 Å². The number of nitrogens with zero attached hydrogens (tertiary/aromatic N) is 2. The lowest BCUT2D eigenvalue weighted by molar-refractivity contribution is 0.0642. The highest BCUT2D eigenvalue weighted by atomic mass is 32.2. The Labute approximate surface area is 182 Å². The van der Waals surface area contributed by atoms with Gasteiger partial charge in [0.2, 0.25) is 0 Å². The van der Waals surface area contributed by atoms with Crippen molar-refractivity contribution < 1.29 is 8.42 Å². The molecule has 2 fully saturated rings. The van der Waals surface area contributed by atoms with E-state index in [2.05, 4.69) is 23.6 Å². The predicted octanol–water partition coefficient (Wildman–Crippen LogP) is 4.73. The molecule has 2 aliphatic heterocycles. The molecule has 2 saturated heterocycles. The lowest BCUT2D eigenvalue weighted by Gasteiger charge is -2.43. The van der Waals surface area contributed by atoms with Gasteiger partial charge in [-0.25, -0.2) is 8.42 Å². The van der Waals surface area contributed by atoms with Crippen molar-refractivity contribution in [3.63, 3.8) is 0 Å². The molecular weight excluding hydrogens is 392 g/mol. The third-order valence-corrected chi connectivity index (χ3v) is 9.00. The Kier molecular flexibility index (Phi) is 6.81. The van der Waals surface area contributed by atoms with Gasteiger partial charge in [-0.2, -0.15) is 0 Å². The molecule has 0 N–H and O–H groups in total. The van der Waals surface area contributed by atoms with E-state index < -0.39 is 9.84 Å². The standard InChI is InChI=1S/C25H36N2O2S/c1-20-9-5-7-15-26(20)18-24(27-16-8-6-10-21(27)2)19-30(28,29)25-14-13-22-11-3-4-12-23(22)17-25/h3-4,11-14,17,20-21,24H,5-10,15-16,18-19H2,1-2H3. The van der Waals surface area contributed by atoms with E-state index in [-0.39, 0.29) is 11.8 Å². The molecule has 2 aromatic carbocycles. The van der Waals surface area contributed by atoms with E-state index in [0.29, 0.717) is 17.0 Å². The Balaban J connectivity index is 1.60. The van der Waals surface area contributed by atoms with E-state index in [1.54, 1.807) is 6.07 Å². The third-order valence-electron chi connectivity index (χ3n) is 7.20. The number of likely N-dealkylation sites (tertiary alicyclic amines) is 2. The van der Waals surface area contributed by atoms with Crippen LogP contribution < -0.4 is 0 Å². The first-order chi connectivity index (χ1) is 14.4. The first-order valence-electron chi connectivity index (χ1n) is 11.7. The number of fused-ring (bicyclic) bond motifs is 1. The summed E-state index contributed by atoms with van der Waals surface area (Å²) in [4.78, 5) is 5.48. The van der Waals surface area contributed by atoms with Gasteiger partial charge in [0, 0.05) is 24.7 Å². The summed E-state index contributed by atoms with van der Waals surface area (Å²) < 4.78 is 27.0. The molecule has 5 heteroatoms. The zero-order valence-electron chi connectivity index (χ0n) is 18.5. The van der Waals surface area contributed by atoms with Crippen molar-refractivity contribution in [1.82, 2.24) is 9.80 Å². The van der Waals surface area contributed by atoms with Gasteiger partial charge < -0.3 is 0 Å². The van der Waals surface area contributed by atoms with Gasteiger partial charge in [0.05, 0.1) is 10.6 Å². The fourth-order valence-electron chi connectivity index (χ4n) is 5.33. The second kappa shape index (κ2) is 9.37. The Morgan fingerprint density at radius 3 is 2.33 bits per heavy atom. The molecule has 0 bridgehead atoms. The fourth-order valence-corrected chi connectivity index (χ4v) is 6.90. The zero-order valence-corrected chi connectivity index (χ0v) is 19.3. The Bertz CT molecular complexity index is 959. The third kappa shape index (κ3) is 4.90. The summed E-state index contributed by atoms with van der Waals surface area (Å²) in [7, 11) is -3.36. The summed E-state index contributed by atoms with van der Waals surface area (Å²) in [6.45, 7) is 7.54. The van der Waals surface area contributed by atoms with Gasteiger partial charge in [-0.1, -0.05) is 43.2 Å². The summed E-state index contributed by atoms with van der Waals surface area (Å²) in [5, 5.41) is 2.07. The van der Waals surface area contributed by atoms with Gasteiger partial charge >= 0.3 is 0 Å². The van der Waals surface area contributed by atoms with Crippen LogP contribution in [0.2, 0.25) is 0 Å². The second-order valence-electron chi connectivity index (χ2n) is 9.37. The number of benzene rings is 2. The SMILES string of the molecule is CC1CCCCN1CC(CS(=O)(=O)c1ccc2ccccc2c1)N1CCCCC1C. The van der Waals surface area contributed by atoms with Crippen LogP contribution in [0, 0.1) is 0 Å². The fraction of sp³-hybridized carbons (Fsp3) is 0.600. The zero-order chi connectivity index (χ0) is 21.1. The van der Waals surface area contributed by atoms with Crippen LogP contribution in [0.15, 0.2) is 47.4 Å². The van der Waals surface area contributed by atoms with Crippen molar-refractivity contribution in [2.24, 2.45) is 0 Å². The van der Waals surface area contributed by atoms with Gasteiger partial charge in [0.15, 0.2) is 9.84 Å². The molecule has 30 heavy (non-hydrogen) atoms. The molecule has 4 rings (SSSR count). The topological polar surface area (TPSA) is 40.6 Å². The van der Waals surface area contributed by atoms with E-state index in [0.717, 1.165) is 30.4 Å². The normalized spacial score (nSPS) is 25.4. The molecule has 2 aromatic rings. The largest absolute Gasteiger partial charge is 0.299 e. The van der Waals surface area contributed by atoms with E-state index >= 15 is 0 Å². The molecule has 0 saturated carbocycles. The summed E-state index contributed by atoms with van der Waals surface area (Å²) >= 11 is 0. The maximum Gasteiger partial charge on any atom is 0.179 e. The minimum atomic E-state index is -3.36. The molecule has 0 amide bonds. The lowest BCUT2D eigenvalue weighted by Crippen LogP contribution is -2.54. The molecule has 3 atom stereocenters. The van der Waals surface area contributed by atoms with Crippen LogP contribution in [0.5, 0.6) is 0 Å². The monoisotopic (exact) mass is 428 g/mol. The smallest absolute Gasteiger partial charge is 0.179 e. The van der Waals surface area contributed by atoms with E-state index in [9.17, 15) is 8.42 Å². The molecule has 3 unspecified atom stereocenters. The highest BCUT2D eigenvalue weighted by Crippen LogP contribution is 2.26. The second-order valence-corrected chi connectivity index (χ2v) is 11.4. The van der Waals surface area contributed by atoms with Crippen LogP contribution in [-0.4, -0.2) is 61.7 Å². The number of piperidine rings is 2. The van der Waals surface area contributed by atoms with Crippen molar-refractivity contribution in [2.75, 3.05) is 25.4 Å². The summed E-state index contributed by atoms with van der Waals surface area (Å²) in [5.41, 5.74) is 0. The summed E-state index contributed by atoms with van der Waals surface area (Å²) in [5.74, 6) is 0.207. The maximum atomic E-state index is 13.5. The number of sulfone groups is 1. The Morgan fingerprint density at radius 1 is 0.900 bits per heavy atom. The summed E-state index contributed by atoms with van der Waals surface area (Å²) in [6.07, 6.45) is 7.33. The molecule has 0 aliphatic carbocycles. The summed E-state index contributed by atoms with van der Waals surface area (Å²) in [6, 6.07) is 14.6. The van der Waals surface area contributed by atoms with E-state index in [1.807, 2.05) is 36.4 Å². The number of hydrogen-bond acceptors (Lipinski definition) is 4. The Morgan fingerprint density at radius 2 is 1.60 bits per heavy atom. The van der Waals surface area contributed by atoms with Crippen LogP contribution >= 0.6 is 0 Å². The van der Waals surface area contributed by atoms with Gasteiger partial charge in [-0.05, 0) is 75.5 Å². The van der Waals surface area contributed by atoms with Crippen LogP contribution in [0.3, 0.4) is 0 Å². The van der Waals surface area contributed by atoms with Gasteiger partial charge in [0.1, 0.15) is 0 Å².